The fraction of sp³-hybridized carbons (Fsp3) is 0.571. The van der Waals surface area contributed by atoms with E-state index in [2.05, 4.69) is 27.9 Å². The molecule has 4 rings (SSSR count). The molecule has 0 aliphatic heterocycles. The topological polar surface area (TPSA) is 29.0 Å². The molecule has 2 heterocycles. The molecule has 0 bridgehead atoms. The number of nitrogens with zero attached hydrogens (tertiary/aromatic N) is 3. The number of thiophene rings is 1. The Morgan fingerprint density at radius 1 is 1.32 bits per heavy atom. The first kappa shape index (κ1) is 11.9. The van der Waals surface area contributed by atoms with E-state index in [4.69, 9.17) is 11.6 Å². The number of halogens is 1. The van der Waals surface area contributed by atoms with Gasteiger partial charge in [-0.15, -0.1) is 11.3 Å². The first-order valence-electron chi connectivity index (χ1n) is 6.91. The Balaban J connectivity index is 1.81. The standard InChI is InChI=1S/C14H16ClN3S/c1-8-6-11-12(16-14(15)17-13(11)19-8)18(10-4-5-10)7-9-2-3-9/h6,9-10H,2-5,7H2,1H3. The summed E-state index contributed by atoms with van der Waals surface area (Å²) in [5.74, 6) is 1.93. The van der Waals surface area contributed by atoms with Crippen LogP contribution in [0.2, 0.25) is 5.28 Å². The summed E-state index contributed by atoms with van der Waals surface area (Å²) in [7, 11) is 0. The SMILES string of the molecule is Cc1cc2c(N(CC3CC3)C3CC3)nc(Cl)nc2s1. The van der Waals surface area contributed by atoms with Crippen molar-refractivity contribution in [2.24, 2.45) is 5.92 Å². The number of anilines is 1. The summed E-state index contributed by atoms with van der Waals surface area (Å²) in [5, 5.41) is 1.56. The molecule has 0 N–H and O–H groups in total. The minimum atomic E-state index is 0.380. The van der Waals surface area contributed by atoms with Crippen molar-refractivity contribution >= 4 is 39.0 Å². The van der Waals surface area contributed by atoms with E-state index in [0.29, 0.717) is 11.3 Å². The fourth-order valence-electron chi connectivity index (χ4n) is 2.59. The van der Waals surface area contributed by atoms with Crippen molar-refractivity contribution < 1.29 is 0 Å². The van der Waals surface area contributed by atoms with Crippen molar-refractivity contribution in [3.05, 3.63) is 16.2 Å². The van der Waals surface area contributed by atoms with Gasteiger partial charge in [0.25, 0.3) is 0 Å². The molecule has 2 saturated carbocycles. The van der Waals surface area contributed by atoms with E-state index in [-0.39, 0.29) is 0 Å². The Labute approximate surface area is 121 Å². The zero-order chi connectivity index (χ0) is 13.0. The van der Waals surface area contributed by atoms with Crippen LogP contribution in [0.3, 0.4) is 0 Å². The third-order valence-electron chi connectivity index (χ3n) is 3.88. The number of aromatic nitrogens is 2. The molecular weight excluding hydrogens is 278 g/mol. The van der Waals surface area contributed by atoms with Gasteiger partial charge >= 0.3 is 0 Å². The highest BCUT2D eigenvalue weighted by atomic mass is 35.5. The van der Waals surface area contributed by atoms with Crippen molar-refractivity contribution in [3.63, 3.8) is 0 Å². The van der Waals surface area contributed by atoms with E-state index in [1.54, 1.807) is 11.3 Å². The van der Waals surface area contributed by atoms with Gasteiger partial charge in [-0.1, -0.05) is 0 Å². The molecule has 2 aromatic rings. The maximum Gasteiger partial charge on any atom is 0.225 e. The first-order valence-corrected chi connectivity index (χ1v) is 8.10. The normalized spacial score (nSPS) is 19.1. The van der Waals surface area contributed by atoms with E-state index < -0.39 is 0 Å². The monoisotopic (exact) mass is 293 g/mol. The molecule has 2 aromatic heterocycles. The zero-order valence-corrected chi connectivity index (χ0v) is 12.5. The Morgan fingerprint density at radius 2 is 2.11 bits per heavy atom. The first-order chi connectivity index (χ1) is 9.20. The Hall–Kier alpha value is -0.870. The van der Waals surface area contributed by atoms with Gasteiger partial charge in [0.15, 0.2) is 0 Å². The van der Waals surface area contributed by atoms with Crippen LogP contribution in [0.5, 0.6) is 0 Å². The van der Waals surface area contributed by atoms with Crippen molar-refractivity contribution in [1.82, 2.24) is 9.97 Å². The minimum absolute atomic E-state index is 0.380. The second kappa shape index (κ2) is 4.32. The molecule has 0 spiro atoms. The summed E-state index contributed by atoms with van der Waals surface area (Å²) in [5.41, 5.74) is 0. The van der Waals surface area contributed by atoms with Crippen molar-refractivity contribution in [2.45, 2.75) is 38.6 Å². The molecule has 0 radical (unpaired) electrons. The molecule has 2 aliphatic rings. The predicted molar refractivity (Wildman–Crippen MR) is 80.3 cm³/mol. The van der Waals surface area contributed by atoms with Crippen LogP contribution in [0, 0.1) is 12.8 Å². The van der Waals surface area contributed by atoms with E-state index in [9.17, 15) is 0 Å². The van der Waals surface area contributed by atoms with Crippen LogP contribution in [-0.4, -0.2) is 22.6 Å². The lowest BCUT2D eigenvalue weighted by molar-refractivity contribution is 0.711. The van der Waals surface area contributed by atoms with Gasteiger partial charge in [-0.05, 0) is 56.2 Å². The van der Waals surface area contributed by atoms with E-state index in [1.807, 2.05) is 0 Å². The molecule has 2 fully saturated rings. The highest BCUT2D eigenvalue weighted by Gasteiger charge is 2.35. The van der Waals surface area contributed by atoms with Crippen molar-refractivity contribution in [1.29, 1.82) is 0 Å². The van der Waals surface area contributed by atoms with Crippen LogP contribution in [0.1, 0.15) is 30.6 Å². The molecule has 3 nitrogen and oxygen atoms in total. The van der Waals surface area contributed by atoms with Gasteiger partial charge in [-0.2, -0.15) is 4.98 Å². The third-order valence-corrected chi connectivity index (χ3v) is 4.99. The zero-order valence-electron chi connectivity index (χ0n) is 10.9. The van der Waals surface area contributed by atoms with Gasteiger partial charge in [-0.3, -0.25) is 0 Å². The Bertz CT molecular complexity index is 631. The average molecular weight is 294 g/mol. The molecule has 0 amide bonds. The van der Waals surface area contributed by atoms with Crippen LogP contribution in [0.4, 0.5) is 5.82 Å². The highest BCUT2D eigenvalue weighted by molar-refractivity contribution is 7.18. The predicted octanol–water partition coefficient (Wildman–Crippen LogP) is 4.03. The Morgan fingerprint density at radius 3 is 2.79 bits per heavy atom. The van der Waals surface area contributed by atoms with E-state index in [1.165, 1.54) is 35.9 Å². The van der Waals surface area contributed by atoms with Gasteiger partial charge in [0.2, 0.25) is 5.28 Å². The quantitative estimate of drug-likeness (QED) is 0.797. The second-order valence-corrected chi connectivity index (χ2v) is 7.29. The second-order valence-electron chi connectivity index (χ2n) is 5.72. The summed E-state index contributed by atoms with van der Waals surface area (Å²) < 4.78 is 0. The molecule has 5 heteroatoms. The van der Waals surface area contributed by atoms with Crippen LogP contribution in [0.25, 0.3) is 10.2 Å². The summed E-state index contributed by atoms with van der Waals surface area (Å²) in [6.07, 6.45) is 5.32. The van der Waals surface area contributed by atoms with Crippen LogP contribution in [0.15, 0.2) is 6.07 Å². The molecule has 0 atom stereocenters. The molecular formula is C14H16ClN3S. The minimum Gasteiger partial charge on any atom is -0.353 e. The number of aryl methyl sites for hydroxylation is 1. The average Bonchev–Trinajstić information content (AvgIpc) is 3.22. The molecule has 0 saturated heterocycles. The molecule has 100 valence electrons. The Kier molecular flexibility index (Phi) is 2.71. The lowest BCUT2D eigenvalue weighted by Gasteiger charge is -2.24. The summed E-state index contributed by atoms with van der Waals surface area (Å²) in [6.45, 7) is 3.26. The number of rotatable bonds is 4. The maximum absolute atomic E-state index is 6.11. The summed E-state index contributed by atoms with van der Waals surface area (Å²) >= 11 is 7.81. The number of hydrogen-bond acceptors (Lipinski definition) is 4. The summed E-state index contributed by atoms with van der Waals surface area (Å²) in [4.78, 5) is 13.7. The molecule has 0 unspecified atom stereocenters. The lowest BCUT2D eigenvalue weighted by atomic mass is 10.3. The third kappa shape index (κ3) is 2.32. The van der Waals surface area contributed by atoms with Gasteiger partial charge < -0.3 is 4.90 Å². The number of fused-ring (bicyclic) bond motifs is 1. The van der Waals surface area contributed by atoms with Crippen LogP contribution < -0.4 is 4.90 Å². The fourth-order valence-corrected chi connectivity index (χ4v) is 3.68. The van der Waals surface area contributed by atoms with E-state index in [0.717, 1.165) is 23.1 Å². The maximum atomic E-state index is 6.11. The van der Waals surface area contributed by atoms with Crippen molar-refractivity contribution in [2.75, 3.05) is 11.4 Å². The molecule has 2 aliphatic carbocycles. The summed E-state index contributed by atoms with van der Waals surface area (Å²) in [6, 6.07) is 2.88. The largest absolute Gasteiger partial charge is 0.353 e. The van der Waals surface area contributed by atoms with Gasteiger partial charge in [0, 0.05) is 17.5 Å². The van der Waals surface area contributed by atoms with Gasteiger partial charge in [-0.25, -0.2) is 4.98 Å². The van der Waals surface area contributed by atoms with E-state index >= 15 is 0 Å². The van der Waals surface area contributed by atoms with Crippen LogP contribution in [-0.2, 0) is 0 Å². The smallest absolute Gasteiger partial charge is 0.225 e. The highest BCUT2D eigenvalue weighted by Crippen LogP contribution is 2.40. The van der Waals surface area contributed by atoms with Crippen LogP contribution >= 0.6 is 22.9 Å². The van der Waals surface area contributed by atoms with Gasteiger partial charge in [0.1, 0.15) is 10.6 Å². The van der Waals surface area contributed by atoms with Gasteiger partial charge in [0.05, 0.1) is 5.39 Å². The molecule has 0 aromatic carbocycles. The van der Waals surface area contributed by atoms with Crippen molar-refractivity contribution in [3.8, 4) is 0 Å². The molecule has 19 heavy (non-hydrogen) atoms. The lowest BCUT2D eigenvalue weighted by Crippen LogP contribution is -2.29. The number of hydrogen-bond donors (Lipinski definition) is 0.